The number of hydrogen-bond acceptors (Lipinski definition) is 8. The van der Waals surface area contributed by atoms with Gasteiger partial charge in [0.2, 0.25) is 5.24 Å². The number of ketones is 1. The summed E-state index contributed by atoms with van der Waals surface area (Å²) in [4.78, 5) is 35.3. The molecule has 0 aromatic carbocycles. The smallest absolute Gasteiger partial charge is 0.447 e. The average Bonchev–Trinajstić information content (AvgIpc) is 3.71. The predicted octanol–water partition coefficient (Wildman–Crippen LogP) is 4.78. The Kier molecular flexibility index (Phi) is 23.5. The topological polar surface area (TPSA) is 78.9 Å². The van der Waals surface area contributed by atoms with Crippen LogP contribution in [0, 0.1) is 20.8 Å². The summed E-state index contributed by atoms with van der Waals surface area (Å²) in [6.07, 6.45) is 3.62. The molecule has 0 N–H and O–H groups in total. The molecule has 1 atom stereocenters. The summed E-state index contributed by atoms with van der Waals surface area (Å²) in [5.74, 6) is -0.114. The Bertz CT molecular complexity index is 1000. The number of ether oxygens (including phenoxy) is 3. The minimum absolute atomic E-state index is 0. The van der Waals surface area contributed by atoms with Gasteiger partial charge in [0.1, 0.15) is 6.61 Å². The molecule has 2 aliphatic heterocycles. The first-order valence-corrected chi connectivity index (χ1v) is 14.7. The zero-order valence-electron chi connectivity index (χ0n) is 24.8. The molecule has 40 heavy (non-hydrogen) atoms. The molecule has 6 nitrogen and oxygen atoms in total. The van der Waals surface area contributed by atoms with E-state index in [1.807, 2.05) is 19.1 Å². The summed E-state index contributed by atoms with van der Waals surface area (Å²) in [6.45, 7) is 22.0. The van der Waals surface area contributed by atoms with Gasteiger partial charge in [0, 0.05) is 33.7 Å². The fourth-order valence-corrected chi connectivity index (χ4v) is 4.16. The fourth-order valence-electron chi connectivity index (χ4n) is 2.62. The SMILES string of the molecule is C=C(C)C(=O)Cl.C=C(C)C(=O)OC1(c2ccc(C)s2)CCOC1.Cc1cccs1.O=C1CCOC1.[CH2-]CCC.[Li+]. The Hall–Kier alpha value is -1.50. The Morgan fingerprint density at radius 2 is 1.73 bits per heavy atom. The number of thiophene rings is 2. The second-order valence-corrected chi connectivity index (χ2v) is 11.6. The van der Waals surface area contributed by atoms with Gasteiger partial charge in [-0.2, -0.15) is 6.42 Å². The molecule has 0 bridgehead atoms. The van der Waals surface area contributed by atoms with Crippen LogP contribution in [0.2, 0.25) is 0 Å². The van der Waals surface area contributed by atoms with E-state index in [2.05, 4.69) is 51.4 Å². The Labute approximate surface area is 265 Å². The van der Waals surface area contributed by atoms with Crippen molar-refractivity contribution < 1.29 is 47.5 Å². The molecule has 0 spiro atoms. The molecule has 0 radical (unpaired) electrons. The molecule has 0 amide bonds. The third-order valence-electron chi connectivity index (χ3n) is 4.95. The van der Waals surface area contributed by atoms with Gasteiger partial charge >= 0.3 is 24.8 Å². The standard InChI is InChI=1S/C13H16O3S.C5H6S.C4H5ClO.C4H6O2.C4H9.Li/c1-9(2)12(14)16-13(6-7-15-8-13)11-5-4-10(3)17-11;1-5-3-2-4-6-5;1-3(2)4(5)6;5-4-1-2-6-3-4;1-3-4-2;/h4-5H,1,6-8H2,2-3H3;2-4H,1H3;1H2,2H3;1-3H2;1,3-4H2,2H3;/q;;;;-1;+1. The van der Waals surface area contributed by atoms with E-state index in [4.69, 9.17) is 25.8 Å². The number of carbonyl (C=O) groups excluding carboxylic acids is 3. The Morgan fingerprint density at radius 1 is 1.10 bits per heavy atom. The first-order valence-electron chi connectivity index (χ1n) is 12.7. The number of aryl methyl sites for hydroxylation is 2. The molecule has 2 aromatic rings. The van der Waals surface area contributed by atoms with Crippen LogP contribution in [-0.4, -0.2) is 43.4 Å². The minimum Gasteiger partial charge on any atom is -0.447 e. The van der Waals surface area contributed by atoms with Crippen molar-refractivity contribution in [1.29, 1.82) is 0 Å². The third-order valence-corrected chi connectivity index (χ3v) is 7.26. The van der Waals surface area contributed by atoms with Crippen LogP contribution in [0.25, 0.3) is 0 Å². The summed E-state index contributed by atoms with van der Waals surface area (Å²) < 4.78 is 15.7. The molecule has 4 rings (SSSR count). The van der Waals surface area contributed by atoms with Crippen LogP contribution in [0.3, 0.4) is 0 Å². The van der Waals surface area contributed by atoms with Gasteiger partial charge in [-0.05, 0) is 62.9 Å². The largest absolute Gasteiger partial charge is 1.00 e. The molecule has 218 valence electrons. The number of rotatable bonds is 5. The maximum Gasteiger partial charge on any atom is 1.00 e. The summed E-state index contributed by atoms with van der Waals surface area (Å²) in [6, 6.07) is 8.21. The molecule has 0 aliphatic carbocycles. The summed E-state index contributed by atoms with van der Waals surface area (Å²) >= 11 is 8.30. The normalized spacial score (nSPS) is 16.6. The van der Waals surface area contributed by atoms with Crippen LogP contribution in [-0.2, 0) is 34.2 Å². The summed E-state index contributed by atoms with van der Waals surface area (Å²) in [7, 11) is 0. The molecule has 1 unspecified atom stereocenters. The van der Waals surface area contributed by atoms with E-state index in [0.29, 0.717) is 50.4 Å². The van der Waals surface area contributed by atoms with Crippen molar-refractivity contribution in [2.45, 2.75) is 65.9 Å². The summed E-state index contributed by atoms with van der Waals surface area (Å²) in [5, 5.41) is 1.62. The molecule has 2 saturated heterocycles. The van der Waals surface area contributed by atoms with E-state index in [-0.39, 0.29) is 30.6 Å². The number of Topliss-reactive ketones (excluding diaryl/α,β-unsaturated/α-hetero) is 1. The first-order chi connectivity index (χ1) is 18.4. The van der Waals surface area contributed by atoms with Gasteiger partial charge in [-0.15, -0.1) is 22.7 Å². The molecule has 2 aromatic heterocycles. The fraction of sp³-hybridized carbons (Fsp3) is 0.467. The zero-order valence-corrected chi connectivity index (χ0v) is 27.2. The summed E-state index contributed by atoms with van der Waals surface area (Å²) in [5.41, 5.74) is 0.204. The van der Waals surface area contributed by atoms with Crippen molar-refractivity contribution in [1.82, 2.24) is 0 Å². The van der Waals surface area contributed by atoms with Crippen LogP contribution >= 0.6 is 34.3 Å². The van der Waals surface area contributed by atoms with Crippen molar-refractivity contribution in [3.05, 3.63) is 75.5 Å². The zero-order chi connectivity index (χ0) is 29.8. The minimum atomic E-state index is -0.602. The Balaban J connectivity index is 0. The van der Waals surface area contributed by atoms with Gasteiger partial charge in [0.25, 0.3) is 0 Å². The van der Waals surface area contributed by atoms with Crippen molar-refractivity contribution >= 4 is 51.3 Å². The van der Waals surface area contributed by atoms with Crippen molar-refractivity contribution in [2.24, 2.45) is 0 Å². The number of halogens is 1. The van der Waals surface area contributed by atoms with E-state index < -0.39 is 10.8 Å². The average molecular weight is 605 g/mol. The van der Waals surface area contributed by atoms with E-state index >= 15 is 0 Å². The van der Waals surface area contributed by atoms with E-state index in [1.54, 1.807) is 36.5 Å². The third kappa shape index (κ3) is 18.0. The van der Waals surface area contributed by atoms with Crippen LogP contribution in [0.5, 0.6) is 0 Å². The van der Waals surface area contributed by atoms with Crippen LogP contribution in [0.15, 0.2) is 53.9 Å². The van der Waals surface area contributed by atoms with Gasteiger partial charge in [-0.25, -0.2) is 4.79 Å². The van der Waals surface area contributed by atoms with Gasteiger partial charge in [-0.3, -0.25) is 9.59 Å². The number of hydrogen-bond donors (Lipinski definition) is 0. The molecule has 2 fully saturated rings. The van der Waals surface area contributed by atoms with Gasteiger partial charge in [0.05, 0.1) is 24.7 Å². The molecule has 0 saturated carbocycles. The number of esters is 1. The molecule has 2 aliphatic rings. The van der Waals surface area contributed by atoms with Crippen molar-refractivity contribution in [3.8, 4) is 0 Å². The second kappa shape index (κ2) is 23.1. The number of unbranched alkanes of at least 4 members (excludes halogenated alkanes) is 1. The monoisotopic (exact) mass is 604 g/mol. The second-order valence-electron chi connectivity index (χ2n) is 8.85. The van der Waals surface area contributed by atoms with Gasteiger partial charge < -0.3 is 21.1 Å². The van der Waals surface area contributed by atoms with E-state index in [1.165, 1.54) is 16.2 Å². The maximum atomic E-state index is 11.7. The van der Waals surface area contributed by atoms with E-state index in [0.717, 1.165) is 11.3 Å². The predicted molar refractivity (Wildman–Crippen MR) is 163 cm³/mol. The van der Waals surface area contributed by atoms with Gasteiger partial charge in [0.15, 0.2) is 11.4 Å². The number of carbonyl (C=O) groups is 3. The number of allylic oxidation sites excluding steroid dienone is 1. The molecule has 10 heteroatoms. The van der Waals surface area contributed by atoms with E-state index in [9.17, 15) is 14.4 Å². The Morgan fingerprint density at radius 3 is 1.98 bits per heavy atom. The molecular formula is C30H42ClLiO6S2. The van der Waals surface area contributed by atoms with Crippen molar-refractivity contribution in [2.75, 3.05) is 26.4 Å². The molecule has 4 heterocycles. The first kappa shape index (κ1) is 40.6. The maximum absolute atomic E-state index is 11.7. The quantitative estimate of drug-likeness (QED) is 0.161. The van der Waals surface area contributed by atoms with Crippen LogP contribution in [0.4, 0.5) is 0 Å². The van der Waals surface area contributed by atoms with Crippen LogP contribution in [0.1, 0.15) is 61.1 Å². The van der Waals surface area contributed by atoms with Crippen molar-refractivity contribution in [3.63, 3.8) is 0 Å². The van der Waals surface area contributed by atoms with Gasteiger partial charge in [-0.1, -0.05) is 32.6 Å². The molecular weight excluding hydrogens is 563 g/mol. The van der Waals surface area contributed by atoms with Crippen LogP contribution < -0.4 is 18.9 Å².